The van der Waals surface area contributed by atoms with E-state index in [4.69, 9.17) is 0 Å². The first-order chi connectivity index (χ1) is 15.2. The van der Waals surface area contributed by atoms with Crippen LogP contribution in [0.1, 0.15) is 106 Å². The highest BCUT2D eigenvalue weighted by Gasteiger charge is 2.66. The van der Waals surface area contributed by atoms with E-state index in [9.17, 15) is 14.7 Å². The van der Waals surface area contributed by atoms with Crippen LogP contribution in [0.4, 0.5) is 0 Å². The van der Waals surface area contributed by atoms with Crippen molar-refractivity contribution in [3.8, 4) is 0 Å². The lowest BCUT2D eigenvalue weighted by atomic mass is 9.43. The molecule has 4 aliphatic rings. The molecule has 33 heavy (non-hydrogen) atoms. The molecule has 0 amide bonds. The van der Waals surface area contributed by atoms with E-state index < -0.39 is 6.10 Å². The van der Waals surface area contributed by atoms with E-state index in [1.54, 1.807) is 5.57 Å². The molecule has 4 rings (SSSR count). The summed E-state index contributed by atoms with van der Waals surface area (Å²) >= 11 is 0. The molecule has 3 heteroatoms. The maximum absolute atomic E-state index is 14.1. The van der Waals surface area contributed by atoms with Crippen molar-refractivity contribution in [3.05, 3.63) is 23.3 Å². The Labute approximate surface area is 201 Å². The number of ketones is 2. The molecule has 184 valence electrons. The van der Waals surface area contributed by atoms with Crippen LogP contribution in [0.15, 0.2) is 23.3 Å². The van der Waals surface area contributed by atoms with Gasteiger partial charge in [0.2, 0.25) is 0 Å². The van der Waals surface area contributed by atoms with Crippen LogP contribution in [0.25, 0.3) is 0 Å². The molecule has 3 nitrogen and oxygen atoms in total. The first kappa shape index (κ1) is 24.9. The lowest BCUT2D eigenvalue weighted by molar-refractivity contribution is -0.143. The molecule has 7 atom stereocenters. The number of carbonyl (C=O) groups is 2. The molecule has 0 aliphatic heterocycles. The van der Waals surface area contributed by atoms with E-state index in [1.165, 1.54) is 5.57 Å². The van der Waals surface area contributed by atoms with Crippen LogP contribution < -0.4 is 0 Å². The lowest BCUT2D eigenvalue weighted by Crippen LogP contribution is -2.56. The Hall–Kier alpha value is -1.22. The number of carbonyl (C=O) groups excluding carboxylic acids is 2. The van der Waals surface area contributed by atoms with Gasteiger partial charge in [0.25, 0.3) is 0 Å². The Balaban J connectivity index is 1.69. The molecule has 0 unspecified atom stereocenters. The van der Waals surface area contributed by atoms with Crippen molar-refractivity contribution in [2.45, 2.75) is 112 Å². The fourth-order valence-electron chi connectivity index (χ4n) is 9.05. The van der Waals surface area contributed by atoms with E-state index >= 15 is 0 Å². The molecule has 0 aromatic rings. The summed E-state index contributed by atoms with van der Waals surface area (Å²) in [6.45, 7) is 19.4. The molecule has 0 bridgehead atoms. The van der Waals surface area contributed by atoms with E-state index in [0.29, 0.717) is 42.2 Å². The Morgan fingerprint density at radius 3 is 2.30 bits per heavy atom. The van der Waals surface area contributed by atoms with Crippen LogP contribution in [-0.4, -0.2) is 22.8 Å². The van der Waals surface area contributed by atoms with Gasteiger partial charge in [0.05, 0.1) is 6.10 Å². The first-order valence-electron chi connectivity index (χ1n) is 13.3. The summed E-state index contributed by atoms with van der Waals surface area (Å²) in [5, 5.41) is 10.3. The monoisotopic (exact) mass is 454 g/mol. The Bertz CT molecular complexity index is 910. The van der Waals surface area contributed by atoms with Gasteiger partial charge >= 0.3 is 0 Å². The quantitative estimate of drug-likeness (QED) is 0.463. The second kappa shape index (κ2) is 7.90. The molecule has 0 aromatic heterocycles. The topological polar surface area (TPSA) is 54.4 Å². The maximum Gasteiger partial charge on any atom is 0.143 e. The van der Waals surface area contributed by atoms with Crippen molar-refractivity contribution in [2.24, 2.45) is 39.4 Å². The summed E-state index contributed by atoms with van der Waals surface area (Å²) in [6.07, 6.45) is 7.61. The van der Waals surface area contributed by atoms with Gasteiger partial charge in [-0.15, -0.1) is 0 Å². The average molecular weight is 455 g/mol. The standard InChI is InChI=1S/C30H46O3/c1-18(2)23(31)11-9-19(3)20-13-16-29(7)21-10-12-24-27(4,5)25(32)14-15-28(24,6)22(21)17-26(33)30(20,29)8/h19-20,23-24,31H,1,9-17H2,2-8H3/t19-,20-,23+,24+,28-,29+,30+/m1/s1. The third-order valence-electron chi connectivity index (χ3n) is 11.5. The molecule has 2 fully saturated rings. The van der Waals surface area contributed by atoms with Crippen molar-refractivity contribution in [3.63, 3.8) is 0 Å². The lowest BCUT2D eigenvalue weighted by Gasteiger charge is -2.60. The highest BCUT2D eigenvalue weighted by Crippen LogP contribution is 2.71. The zero-order chi connectivity index (χ0) is 24.6. The van der Waals surface area contributed by atoms with Gasteiger partial charge in [0.15, 0.2) is 0 Å². The van der Waals surface area contributed by atoms with Crippen LogP contribution in [0.5, 0.6) is 0 Å². The maximum atomic E-state index is 14.1. The van der Waals surface area contributed by atoms with Crippen molar-refractivity contribution in [1.82, 2.24) is 0 Å². The van der Waals surface area contributed by atoms with Crippen molar-refractivity contribution in [1.29, 1.82) is 0 Å². The van der Waals surface area contributed by atoms with Gasteiger partial charge < -0.3 is 5.11 Å². The second-order valence-electron chi connectivity index (χ2n) is 13.3. The van der Waals surface area contributed by atoms with Gasteiger partial charge in [-0.3, -0.25) is 9.59 Å². The fourth-order valence-corrected chi connectivity index (χ4v) is 9.05. The number of aliphatic hydroxyl groups is 1. The summed E-state index contributed by atoms with van der Waals surface area (Å²) < 4.78 is 0. The van der Waals surface area contributed by atoms with Gasteiger partial charge in [-0.1, -0.05) is 64.8 Å². The predicted molar refractivity (Wildman–Crippen MR) is 134 cm³/mol. The number of hydrogen-bond acceptors (Lipinski definition) is 3. The average Bonchev–Trinajstić information content (AvgIpc) is 3.03. The smallest absolute Gasteiger partial charge is 0.143 e. The minimum absolute atomic E-state index is 0.0275. The van der Waals surface area contributed by atoms with Gasteiger partial charge in [-0.05, 0) is 75.0 Å². The molecule has 4 aliphatic carbocycles. The highest BCUT2D eigenvalue weighted by atomic mass is 16.3. The highest BCUT2D eigenvalue weighted by molar-refractivity contribution is 5.92. The van der Waals surface area contributed by atoms with E-state index in [-0.39, 0.29) is 21.7 Å². The summed E-state index contributed by atoms with van der Waals surface area (Å²) in [6, 6.07) is 0. The van der Waals surface area contributed by atoms with Gasteiger partial charge in [-0.2, -0.15) is 0 Å². The first-order valence-corrected chi connectivity index (χ1v) is 13.3. The number of allylic oxidation sites excluding steroid dienone is 2. The summed E-state index contributed by atoms with van der Waals surface area (Å²) in [5.41, 5.74) is 3.08. The Morgan fingerprint density at radius 2 is 1.67 bits per heavy atom. The van der Waals surface area contributed by atoms with E-state index in [0.717, 1.165) is 50.5 Å². The van der Waals surface area contributed by atoms with Gasteiger partial charge in [0.1, 0.15) is 11.6 Å². The fraction of sp³-hybridized carbons (Fsp3) is 0.800. The second-order valence-corrected chi connectivity index (χ2v) is 13.3. The van der Waals surface area contributed by atoms with Crippen LogP contribution >= 0.6 is 0 Å². The predicted octanol–water partition coefficient (Wildman–Crippen LogP) is 6.84. The van der Waals surface area contributed by atoms with Gasteiger partial charge in [-0.25, -0.2) is 0 Å². The number of aliphatic hydroxyl groups excluding tert-OH is 1. The summed E-state index contributed by atoms with van der Waals surface area (Å²) in [7, 11) is 0. The van der Waals surface area contributed by atoms with Crippen molar-refractivity contribution in [2.75, 3.05) is 0 Å². The molecule has 0 spiro atoms. The Kier molecular flexibility index (Phi) is 5.96. The van der Waals surface area contributed by atoms with Crippen LogP contribution in [0.2, 0.25) is 0 Å². The van der Waals surface area contributed by atoms with Crippen molar-refractivity contribution >= 4 is 11.6 Å². The molecule has 0 aromatic carbocycles. The van der Waals surface area contributed by atoms with Crippen LogP contribution in [-0.2, 0) is 9.59 Å². The third kappa shape index (κ3) is 3.31. The van der Waals surface area contributed by atoms with Crippen LogP contribution in [0, 0.1) is 39.4 Å². The SMILES string of the molecule is C=C(C)[C@@H](O)CC[C@@H](C)[C@H]1CC[C@@]2(C)C3=C(CC(=O)[C@]12C)[C@@]1(C)CCC(=O)C(C)(C)[C@@H]1CC3. The third-order valence-corrected chi connectivity index (χ3v) is 11.5. The molecule has 2 saturated carbocycles. The Morgan fingerprint density at radius 1 is 1.00 bits per heavy atom. The van der Waals surface area contributed by atoms with E-state index in [1.807, 2.05) is 6.92 Å². The normalized spacial score (nSPS) is 41.8. The molecular weight excluding hydrogens is 408 g/mol. The largest absolute Gasteiger partial charge is 0.389 e. The van der Waals surface area contributed by atoms with E-state index in [2.05, 4.69) is 48.1 Å². The molecule has 0 saturated heterocycles. The number of fused-ring (bicyclic) bond motifs is 4. The zero-order valence-electron chi connectivity index (χ0n) is 22.1. The molecule has 0 heterocycles. The molecule has 1 N–H and O–H groups in total. The zero-order valence-corrected chi connectivity index (χ0v) is 22.1. The van der Waals surface area contributed by atoms with Crippen LogP contribution in [0.3, 0.4) is 0 Å². The number of hydrogen-bond donors (Lipinski definition) is 1. The molecule has 0 radical (unpaired) electrons. The number of rotatable bonds is 5. The van der Waals surface area contributed by atoms with Gasteiger partial charge in [0, 0.05) is 29.1 Å². The summed E-state index contributed by atoms with van der Waals surface area (Å²) in [5.74, 6) is 1.92. The molecular formula is C30H46O3. The minimum atomic E-state index is -0.447. The minimum Gasteiger partial charge on any atom is -0.389 e. The number of Topliss-reactive ketones (excluding diaryl/α,β-unsaturated/α-hetero) is 2. The van der Waals surface area contributed by atoms with Crippen molar-refractivity contribution < 1.29 is 14.7 Å². The summed E-state index contributed by atoms with van der Waals surface area (Å²) in [4.78, 5) is 26.9.